The SMILES string of the molecule is O=C1O[C@H](CBr)[C@H]1Cc1ccccc1. The number of hydrogen-bond acceptors (Lipinski definition) is 2. The zero-order valence-electron chi connectivity index (χ0n) is 7.65. The van der Waals surface area contributed by atoms with Gasteiger partial charge in [0.2, 0.25) is 0 Å². The summed E-state index contributed by atoms with van der Waals surface area (Å²) in [4.78, 5) is 11.2. The third kappa shape index (κ3) is 1.82. The molecule has 1 fully saturated rings. The van der Waals surface area contributed by atoms with Crippen LogP contribution in [0.1, 0.15) is 5.56 Å². The lowest BCUT2D eigenvalue weighted by Crippen LogP contribution is -2.47. The average molecular weight is 255 g/mol. The van der Waals surface area contributed by atoms with Gasteiger partial charge in [-0.3, -0.25) is 4.79 Å². The van der Waals surface area contributed by atoms with Gasteiger partial charge < -0.3 is 4.74 Å². The Morgan fingerprint density at radius 3 is 2.57 bits per heavy atom. The van der Waals surface area contributed by atoms with Crippen molar-refractivity contribution >= 4 is 21.9 Å². The van der Waals surface area contributed by atoms with Crippen molar-refractivity contribution < 1.29 is 9.53 Å². The number of esters is 1. The van der Waals surface area contributed by atoms with Gasteiger partial charge in [-0.25, -0.2) is 0 Å². The van der Waals surface area contributed by atoms with E-state index in [1.165, 1.54) is 5.56 Å². The molecule has 1 heterocycles. The molecule has 1 saturated heterocycles. The van der Waals surface area contributed by atoms with Crippen molar-refractivity contribution in [3.05, 3.63) is 35.9 Å². The highest BCUT2D eigenvalue weighted by molar-refractivity contribution is 9.09. The minimum atomic E-state index is -0.0710. The smallest absolute Gasteiger partial charge is 0.313 e. The van der Waals surface area contributed by atoms with Crippen LogP contribution in [0.3, 0.4) is 0 Å². The van der Waals surface area contributed by atoms with E-state index in [2.05, 4.69) is 15.9 Å². The van der Waals surface area contributed by atoms with Crippen LogP contribution >= 0.6 is 15.9 Å². The van der Waals surface area contributed by atoms with E-state index in [0.29, 0.717) is 0 Å². The van der Waals surface area contributed by atoms with E-state index >= 15 is 0 Å². The van der Waals surface area contributed by atoms with Crippen LogP contribution in [0, 0.1) is 5.92 Å². The first-order valence-corrected chi connectivity index (χ1v) is 5.74. The van der Waals surface area contributed by atoms with Gasteiger partial charge in [0.15, 0.2) is 0 Å². The Kier molecular flexibility index (Phi) is 2.87. The van der Waals surface area contributed by atoms with Gasteiger partial charge in [-0.2, -0.15) is 0 Å². The molecule has 1 aromatic carbocycles. The van der Waals surface area contributed by atoms with Gasteiger partial charge in [0, 0.05) is 5.33 Å². The molecule has 0 saturated carbocycles. The molecule has 1 aliphatic heterocycles. The van der Waals surface area contributed by atoms with Crippen LogP contribution in [0.2, 0.25) is 0 Å². The second-order valence-electron chi connectivity index (χ2n) is 3.43. The fourth-order valence-electron chi connectivity index (χ4n) is 1.62. The summed E-state index contributed by atoms with van der Waals surface area (Å²) in [5.74, 6) is -0.0323. The van der Waals surface area contributed by atoms with Gasteiger partial charge >= 0.3 is 5.97 Å². The fraction of sp³-hybridized carbons (Fsp3) is 0.364. The molecule has 1 aliphatic rings. The standard InChI is InChI=1S/C11H11BrO2/c12-7-10-9(11(13)14-10)6-8-4-2-1-3-5-8/h1-5,9-10H,6-7H2/t9-,10-/m1/s1. The molecule has 0 spiro atoms. The summed E-state index contributed by atoms with van der Waals surface area (Å²) in [6.45, 7) is 0. The lowest BCUT2D eigenvalue weighted by atomic mass is 9.91. The van der Waals surface area contributed by atoms with Crippen molar-refractivity contribution in [1.29, 1.82) is 0 Å². The van der Waals surface area contributed by atoms with E-state index in [0.717, 1.165) is 11.8 Å². The number of halogens is 1. The van der Waals surface area contributed by atoms with Crippen LogP contribution < -0.4 is 0 Å². The van der Waals surface area contributed by atoms with Crippen molar-refractivity contribution in [3.63, 3.8) is 0 Å². The zero-order valence-corrected chi connectivity index (χ0v) is 9.24. The van der Waals surface area contributed by atoms with Gasteiger partial charge in [-0.05, 0) is 12.0 Å². The molecule has 0 unspecified atom stereocenters. The number of carbonyl (C=O) groups excluding carboxylic acids is 1. The maximum absolute atomic E-state index is 11.2. The second-order valence-corrected chi connectivity index (χ2v) is 4.07. The fourth-order valence-corrected chi connectivity index (χ4v) is 2.20. The van der Waals surface area contributed by atoms with Gasteiger partial charge in [0.05, 0.1) is 5.92 Å². The summed E-state index contributed by atoms with van der Waals surface area (Å²) in [5.41, 5.74) is 1.19. The molecule has 0 aliphatic carbocycles. The van der Waals surface area contributed by atoms with Gasteiger partial charge in [0.1, 0.15) is 6.10 Å². The third-order valence-electron chi connectivity index (χ3n) is 2.47. The van der Waals surface area contributed by atoms with Crippen LogP contribution in [-0.2, 0) is 16.0 Å². The Balaban J connectivity index is 2.01. The Labute approximate surface area is 91.4 Å². The second kappa shape index (κ2) is 4.13. The quantitative estimate of drug-likeness (QED) is 0.611. The third-order valence-corrected chi connectivity index (χ3v) is 3.11. The predicted molar refractivity (Wildman–Crippen MR) is 57.3 cm³/mol. The number of carbonyl (C=O) groups is 1. The topological polar surface area (TPSA) is 26.3 Å². The van der Waals surface area contributed by atoms with E-state index < -0.39 is 0 Å². The van der Waals surface area contributed by atoms with Gasteiger partial charge in [-0.15, -0.1) is 0 Å². The first-order valence-electron chi connectivity index (χ1n) is 4.61. The highest BCUT2D eigenvalue weighted by Crippen LogP contribution is 2.27. The van der Waals surface area contributed by atoms with E-state index in [-0.39, 0.29) is 18.0 Å². The molecule has 0 N–H and O–H groups in total. The van der Waals surface area contributed by atoms with Gasteiger partial charge in [-0.1, -0.05) is 46.3 Å². The lowest BCUT2D eigenvalue weighted by Gasteiger charge is -2.33. The summed E-state index contributed by atoms with van der Waals surface area (Å²) in [6.07, 6.45) is 0.846. The summed E-state index contributed by atoms with van der Waals surface area (Å²) in [7, 11) is 0. The molecule has 3 heteroatoms. The largest absolute Gasteiger partial charge is 0.460 e. The number of hydrogen-bond donors (Lipinski definition) is 0. The van der Waals surface area contributed by atoms with E-state index in [4.69, 9.17) is 4.74 Å². The number of rotatable bonds is 3. The van der Waals surface area contributed by atoms with Crippen molar-refractivity contribution in [3.8, 4) is 0 Å². The van der Waals surface area contributed by atoms with Crippen LogP contribution in [-0.4, -0.2) is 17.4 Å². The Bertz CT molecular complexity index is 323. The molecule has 0 aromatic heterocycles. The lowest BCUT2D eigenvalue weighted by molar-refractivity contribution is -0.180. The van der Waals surface area contributed by atoms with Crippen LogP contribution in [0.4, 0.5) is 0 Å². The van der Waals surface area contributed by atoms with Crippen LogP contribution in [0.25, 0.3) is 0 Å². The minimum Gasteiger partial charge on any atom is -0.460 e. The van der Waals surface area contributed by atoms with Crippen LogP contribution in [0.5, 0.6) is 0 Å². The highest BCUT2D eigenvalue weighted by atomic mass is 79.9. The molecule has 1 aromatic rings. The van der Waals surface area contributed by atoms with Crippen molar-refractivity contribution in [2.75, 3.05) is 5.33 Å². The van der Waals surface area contributed by atoms with Crippen molar-refractivity contribution in [2.24, 2.45) is 5.92 Å². The Hall–Kier alpha value is -0.830. The first-order chi connectivity index (χ1) is 6.81. The molecule has 74 valence electrons. The molecule has 0 bridgehead atoms. The number of alkyl halides is 1. The van der Waals surface area contributed by atoms with Crippen LogP contribution in [0.15, 0.2) is 30.3 Å². The number of ether oxygens (including phenoxy) is 1. The summed E-state index contributed by atoms with van der Waals surface area (Å²) in [5, 5.41) is 0.732. The van der Waals surface area contributed by atoms with E-state index in [1.54, 1.807) is 0 Å². The average Bonchev–Trinajstić information content (AvgIpc) is 2.24. The minimum absolute atomic E-state index is 0.0387. The zero-order chi connectivity index (χ0) is 9.97. The van der Waals surface area contributed by atoms with Crippen molar-refractivity contribution in [1.82, 2.24) is 0 Å². The van der Waals surface area contributed by atoms with Crippen molar-refractivity contribution in [2.45, 2.75) is 12.5 Å². The first kappa shape index (κ1) is 9.71. The molecule has 2 atom stereocenters. The molecule has 2 rings (SSSR count). The maximum Gasteiger partial charge on any atom is 0.313 e. The molecule has 2 nitrogen and oxygen atoms in total. The molecule has 14 heavy (non-hydrogen) atoms. The monoisotopic (exact) mass is 254 g/mol. The van der Waals surface area contributed by atoms with E-state index in [9.17, 15) is 4.79 Å². The molecule has 0 radical (unpaired) electrons. The number of benzene rings is 1. The van der Waals surface area contributed by atoms with Gasteiger partial charge in [0.25, 0.3) is 0 Å². The Morgan fingerprint density at radius 2 is 2.00 bits per heavy atom. The predicted octanol–water partition coefficient (Wildman–Crippen LogP) is 2.17. The highest BCUT2D eigenvalue weighted by Gasteiger charge is 2.41. The molecular formula is C11H11BrO2. The summed E-state index contributed by atoms with van der Waals surface area (Å²) < 4.78 is 4.99. The molecular weight excluding hydrogens is 244 g/mol. The normalized spacial score (nSPS) is 25.4. The maximum atomic E-state index is 11.2. The van der Waals surface area contributed by atoms with E-state index in [1.807, 2.05) is 30.3 Å². The number of cyclic esters (lactones) is 1. The molecule has 0 amide bonds. The summed E-state index contributed by atoms with van der Waals surface area (Å²) >= 11 is 3.33. The Morgan fingerprint density at radius 1 is 1.29 bits per heavy atom. The summed E-state index contributed by atoms with van der Waals surface area (Å²) in [6, 6.07) is 10.0.